The van der Waals surface area contributed by atoms with E-state index in [0.29, 0.717) is 29.2 Å². The van der Waals surface area contributed by atoms with Crippen LogP contribution < -0.4 is 9.47 Å². The lowest BCUT2D eigenvalue weighted by molar-refractivity contribution is 0.0912. The minimum Gasteiger partial charge on any atom is -0.508 e. The lowest BCUT2D eigenvalue weighted by Crippen LogP contribution is -2.35. The van der Waals surface area contributed by atoms with Crippen LogP contribution in [0.15, 0.2) is 54.6 Å². The van der Waals surface area contributed by atoms with E-state index in [1.165, 1.54) is 11.1 Å². The minimum atomic E-state index is -0.290. The monoisotopic (exact) mass is 414 g/mol. The summed E-state index contributed by atoms with van der Waals surface area (Å²) >= 11 is 0. The summed E-state index contributed by atoms with van der Waals surface area (Å²) < 4.78 is 11.2. The third-order valence-corrected chi connectivity index (χ3v) is 7.02. The number of hydrogen-bond acceptors (Lipinski definition) is 4. The predicted molar refractivity (Wildman–Crippen MR) is 120 cm³/mol. The van der Waals surface area contributed by atoms with Gasteiger partial charge >= 0.3 is 0 Å². The second-order valence-electron chi connectivity index (χ2n) is 8.59. The zero-order chi connectivity index (χ0) is 21.7. The Kier molecular flexibility index (Phi) is 4.73. The number of hydrogen-bond donors (Lipinski definition) is 1. The fourth-order valence-electron chi connectivity index (χ4n) is 5.65. The molecule has 0 saturated heterocycles. The molecule has 0 aliphatic heterocycles. The van der Waals surface area contributed by atoms with E-state index in [0.717, 1.165) is 23.1 Å². The molecule has 1 N–H and O–H groups in total. The number of phenolic OH excluding ortho intramolecular Hbond substituents is 1. The van der Waals surface area contributed by atoms with Crippen molar-refractivity contribution in [1.82, 2.24) is 0 Å². The SMILES string of the molecule is COc1cc2c(cc1OC)[C@H](C(=O)c1ccccc1)[C@H]1Cc3c(O)ccc(C)c3[C@@H]2C1. The molecule has 0 unspecified atom stereocenters. The Balaban J connectivity index is 1.75. The molecule has 3 atom stereocenters. The first-order valence-electron chi connectivity index (χ1n) is 10.7. The van der Waals surface area contributed by atoms with Crippen molar-refractivity contribution >= 4 is 5.78 Å². The largest absolute Gasteiger partial charge is 0.508 e. The van der Waals surface area contributed by atoms with Crippen LogP contribution in [-0.4, -0.2) is 25.1 Å². The maximum absolute atomic E-state index is 13.7. The van der Waals surface area contributed by atoms with Crippen LogP contribution in [0.25, 0.3) is 0 Å². The number of benzene rings is 3. The number of aryl methyl sites for hydroxylation is 1. The van der Waals surface area contributed by atoms with E-state index >= 15 is 0 Å². The zero-order valence-corrected chi connectivity index (χ0v) is 18.0. The molecule has 0 amide bonds. The van der Waals surface area contributed by atoms with Crippen LogP contribution in [0.3, 0.4) is 0 Å². The van der Waals surface area contributed by atoms with E-state index in [1.54, 1.807) is 20.3 Å². The number of phenols is 1. The fourth-order valence-corrected chi connectivity index (χ4v) is 5.65. The minimum absolute atomic E-state index is 0.114. The van der Waals surface area contributed by atoms with Crippen molar-refractivity contribution in [1.29, 1.82) is 0 Å². The predicted octanol–water partition coefficient (Wildman–Crippen LogP) is 5.39. The van der Waals surface area contributed by atoms with E-state index in [2.05, 4.69) is 6.92 Å². The van der Waals surface area contributed by atoms with Gasteiger partial charge in [-0.15, -0.1) is 0 Å². The highest BCUT2D eigenvalue weighted by Crippen LogP contribution is 2.55. The van der Waals surface area contributed by atoms with Crippen molar-refractivity contribution in [3.8, 4) is 17.2 Å². The molecule has 5 rings (SSSR count). The number of aromatic hydroxyl groups is 1. The van der Waals surface area contributed by atoms with Gasteiger partial charge in [-0.25, -0.2) is 0 Å². The van der Waals surface area contributed by atoms with Gasteiger partial charge in [-0.05, 0) is 71.7 Å². The van der Waals surface area contributed by atoms with Crippen molar-refractivity contribution in [2.75, 3.05) is 14.2 Å². The molecule has 31 heavy (non-hydrogen) atoms. The Morgan fingerprint density at radius 2 is 1.65 bits per heavy atom. The summed E-state index contributed by atoms with van der Waals surface area (Å²) in [6, 6.07) is 17.3. The number of fused-ring (bicyclic) bond motifs is 6. The summed E-state index contributed by atoms with van der Waals surface area (Å²) in [4.78, 5) is 13.7. The molecule has 4 heteroatoms. The summed E-state index contributed by atoms with van der Waals surface area (Å²) in [6.07, 6.45) is 1.57. The van der Waals surface area contributed by atoms with Crippen molar-refractivity contribution in [2.24, 2.45) is 5.92 Å². The third kappa shape index (κ3) is 3.01. The molecule has 3 aromatic rings. The molecule has 0 heterocycles. The first kappa shape index (κ1) is 19.7. The van der Waals surface area contributed by atoms with Crippen LogP contribution in [0.5, 0.6) is 17.2 Å². The van der Waals surface area contributed by atoms with E-state index in [9.17, 15) is 9.90 Å². The van der Waals surface area contributed by atoms with Gasteiger partial charge < -0.3 is 14.6 Å². The molecular weight excluding hydrogens is 388 g/mol. The second kappa shape index (κ2) is 7.45. The highest BCUT2D eigenvalue weighted by atomic mass is 16.5. The number of ether oxygens (including phenoxy) is 2. The zero-order valence-electron chi connectivity index (χ0n) is 18.0. The van der Waals surface area contributed by atoms with Crippen molar-refractivity contribution in [3.05, 3.63) is 88.0 Å². The highest BCUT2D eigenvalue weighted by molar-refractivity contribution is 6.02. The van der Waals surface area contributed by atoms with Crippen LogP contribution in [0.1, 0.15) is 56.4 Å². The first-order valence-corrected chi connectivity index (χ1v) is 10.7. The van der Waals surface area contributed by atoms with Gasteiger partial charge in [0.05, 0.1) is 20.1 Å². The molecule has 0 radical (unpaired) electrons. The van der Waals surface area contributed by atoms with Gasteiger partial charge in [-0.1, -0.05) is 36.4 Å². The van der Waals surface area contributed by atoms with Crippen molar-refractivity contribution < 1.29 is 19.4 Å². The van der Waals surface area contributed by atoms with E-state index in [4.69, 9.17) is 9.47 Å². The van der Waals surface area contributed by atoms with Crippen LogP contribution in [0.4, 0.5) is 0 Å². The van der Waals surface area contributed by atoms with Gasteiger partial charge in [-0.3, -0.25) is 4.79 Å². The standard InChI is InChI=1S/C27H26O4/c1-15-9-10-22(28)21-12-17-11-19(25(15)21)18-13-23(30-2)24(31-3)14-20(18)26(17)27(29)16-7-5-4-6-8-16/h4-10,13-14,17,19,26,28H,11-12H2,1-3H3/t17-,19-,26-/m1/s1. The average molecular weight is 415 g/mol. The highest BCUT2D eigenvalue weighted by Gasteiger charge is 2.45. The smallest absolute Gasteiger partial charge is 0.170 e. The number of carbonyl (C=O) groups is 1. The van der Waals surface area contributed by atoms with Gasteiger partial charge in [0.1, 0.15) is 5.75 Å². The lowest BCUT2D eigenvalue weighted by Gasteiger charge is -2.43. The van der Waals surface area contributed by atoms with Crippen LogP contribution in [0, 0.1) is 12.8 Å². The van der Waals surface area contributed by atoms with E-state index in [1.807, 2.05) is 48.5 Å². The summed E-state index contributed by atoms with van der Waals surface area (Å²) in [5, 5.41) is 10.7. The summed E-state index contributed by atoms with van der Waals surface area (Å²) in [5.74, 6) is 1.69. The molecule has 0 saturated carbocycles. The number of ketones is 1. The Labute approximate surface area is 182 Å². The fraction of sp³-hybridized carbons (Fsp3) is 0.296. The maximum atomic E-state index is 13.7. The lowest BCUT2D eigenvalue weighted by atomic mass is 9.60. The van der Waals surface area contributed by atoms with Gasteiger partial charge in [-0.2, -0.15) is 0 Å². The van der Waals surface area contributed by atoms with Gasteiger partial charge in [0.15, 0.2) is 17.3 Å². The Hall–Kier alpha value is -3.27. The third-order valence-electron chi connectivity index (χ3n) is 7.02. The topological polar surface area (TPSA) is 55.8 Å². The quantitative estimate of drug-likeness (QED) is 0.582. The van der Waals surface area contributed by atoms with Crippen molar-refractivity contribution in [3.63, 3.8) is 0 Å². The number of rotatable bonds is 4. The van der Waals surface area contributed by atoms with E-state index in [-0.39, 0.29) is 23.5 Å². The number of carbonyl (C=O) groups excluding carboxylic acids is 1. The summed E-state index contributed by atoms with van der Waals surface area (Å²) in [7, 11) is 3.26. The van der Waals surface area contributed by atoms with Gasteiger partial charge in [0.25, 0.3) is 0 Å². The number of methoxy groups -OCH3 is 2. The number of Topliss-reactive ketones (excluding diaryl/α,β-unsaturated/α-hetero) is 1. The Morgan fingerprint density at radius 3 is 2.32 bits per heavy atom. The Morgan fingerprint density at radius 1 is 0.968 bits per heavy atom. The molecule has 158 valence electrons. The molecule has 2 bridgehead atoms. The normalized spacial score (nSPS) is 21.1. The molecular formula is C27H26O4. The molecule has 3 aromatic carbocycles. The summed E-state index contributed by atoms with van der Waals surface area (Å²) in [5.41, 5.74) is 6.16. The average Bonchev–Trinajstić information content (AvgIpc) is 2.81. The molecule has 4 nitrogen and oxygen atoms in total. The first-order chi connectivity index (χ1) is 15.0. The molecule has 2 aliphatic rings. The molecule has 0 aromatic heterocycles. The maximum Gasteiger partial charge on any atom is 0.170 e. The summed E-state index contributed by atoms with van der Waals surface area (Å²) in [6.45, 7) is 2.10. The van der Waals surface area contributed by atoms with Crippen LogP contribution >= 0.6 is 0 Å². The van der Waals surface area contributed by atoms with Gasteiger partial charge in [0, 0.05) is 11.5 Å². The molecule has 0 fully saturated rings. The van der Waals surface area contributed by atoms with Crippen molar-refractivity contribution in [2.45, 2.75) is 31.6 Å². The van der Waals surface area contributed by atoms with Crippen LogP contribution in [0.2, 0.25) is 0 Å². The second-order valence-corrected chi connectivity index (χ2v) is 8.59. The molecule has 0 spiro atoms. The van der Waals surface area contributed by atoms with Crippen LogP contribution in [-0.2, 0) is 6.42 Å². The van der Waals surface area contributed by atoms with Gasteiger partial charge in [0.2, 0.25) is 0 Å². The Bertz CT molecular complexity index is 1170. The molecule has 2 aliphatic carbocycles. The van der Waals surface area contributed by atoms with E-state index < -0.39 is 0 Å².